The first-order chi connectivity index (χ1) is 9.63. The minimum absolute atomic E-state index is 0.207. The molecule has 0 radical (unpaired) electrons. The normalized spacial score (nSPS) is 27.9. The van der Waals surface area contributed by atoms with Crippen molar-refractivity contribution < 1.29 is 9.53 Å². The molecule has 3 unspecified atom stereocenters. The lowest BCUT2D eigenvalue weighted by Crippen LogP contribution is -2.46. The van der Waals surface area contributed by atoms with Gasteiger partial charge in [0, 0.05) is 6.04 Å². The fraction of sp³-hybridized carbons (Fsp3) is 0.588. The highest BCUT2D eigenvalue weighted by atomic mass is 16.5. The molecule has 0 bridgehead atoms. The molecule has 1 aromatic rings. The number of carbonyl (C=O) groups excluding carboxylic acids is 1. The first-order valence-electron chi connectivity index (χ1n) is 7.52. The van der Waals surface area contributed by atoms with Gasteiger partial charge in [0.25, 0.3) is 0 Å². The van der Waals surface area contributed by atoms with Crippen LogP contribution in [-0.4, -0.2) is 19.1 Å². The van der Waals surface area contributed by atoms with Crippen molar-refractivity contribution in [2.45, 2.75) is 45.2 Å². The molecule has 0 aromatic heterocycles. The summed E-state index contributed by atoms with van der Waals surface area (Å²) in [6.45, 7) is 4.54. The first-order valence-corrected chi connectivity index (χ1v) is 7.52. The van der Waals surface area contributed by atoms with E-state index in [0.29, 0.717) is 17.9 Å². The Morgan fingerprint density at radius 1 is 1.20 bits per heavy atom. The van der Waals surface area contributed by atoms with Crippen LogP contribution in [0.25, 0.3) is 0 Å². The third-order valence-electron chi connectivity index (χ3n) is 4.47. The molecule has 1 aliphatic carbocycles. The van der Waals surface area contributed by atoms with Gasteiger partial charge >= 0.3 is 5.97 Å². The molecule has 0 aliphatic heterocycles. The van der Waals surface area contributed by atoms with Crippen LogP contribution in [0.3, 0.4) is 0 Å². The molecule has 3 nitrogen and oxygen atoms in total. The monoisotopic (exact) mass is 275 g/mol. The van der Waals surface area contributed by atoms with Crippen LogP contribution in [0.1, 0.15) is 44.7 Å². The molecule has 20 heavy (non-hydrogen) atoms. The van der Waals surface area contributed by atoms with Crippen LogP contribution in [0.4, 0.5) is 0 Å². The maximum atomic E-state index is 12.1. The van der Waals surface area contributed by atoms with Gasteiger partial charge in [-0.3, -0.25) is 5.32 Å². The molecule has 1 aromatic carbocycles. The third kappa shape index (κ3) is 3.40. The lowest BCUT2D eigenvalue weighted by Gasteiger charge is -2.37. The molecule has 1 saturated carbocycles. The van der Waals surface area contributed by atoms with Gasteiger partial charge in [0.1, 0.15) is 6.04 Å². The SMILES string of the molecule is COC(=O)C(NC1C(C)CCCC1C)c1ccccc1. The Hall–Kier alpha value is -1.35. The first kappa shape index (κ1) is 15.0. The van der Waals surface area contributed by atoms with Crippen molar-refractivity contribution in [1.82, 2.24) is 5.32 Å². The summed E-state index contributed by atoms with van der Waals surface area (Å²) >= 11 is 0. The molecule has 1 fully saturated rings. The summed E-state index contributed by atoms with van der Waals surface area (Å²) in [5.74, 6) is 0.977. The van der Waals surface area contributed by atoms with Gasteiger partial charge in [-0.05, 0) is 30.2 Å². The van der Waals surface area contributed by atoms with Gasteiger partial charge in [-0.1, -0.05) is 50.6 Å². The Labute approximate surface area is 121 Å². The van der Waals surface area contributed by atoms with Gasteiger partial charge in [-0.25, -0.2) is 4.79 Å². The van der Waals surface area contributed by atoms with Crippen molar-refractivity contribution in [1.29, 1.82) is 0 Å². The molecular formula is C17H25NO2. The van der Waals surface area contributed by atoms with E-state index in [0.717, 1.165) is 5.56 Å². The zero-order valence-corrected chi connectivity index (χ0v) is 12.6. The molecule has 1 aliphatic rings. The van der Waals surface area contributed by atoms with Crippen LogP contribution in [0.5, 0.6) is 0 Å². The van der Waals surface area contributed by atoms with Gasteiger partial charge in [0.05, 0.1) is 7.11 Å². The van der Waals surface area contributed by atoms with Crippen LogP contribution >= 0.6 is 0 Å². The Bertz CT molecular complexity index is 422. The minimum atomic E-state index is -0.366. The number of hydrogen-bond acceptors (Lipinski definition) is 3. The highest BCUT2D eigenvalue weighted by Gasteiger charge is 2.32. The molecule has 0 amide bonds. The molecule has 0 saturated heterocycles. The van der Waals surface area contributed by atoms with Crippen molar-refractivity contribution in [3.8, 4) is 0 Å². The van der Waals surface area contributed by atoms with E-state index in [4.69, 9.17) is 4.74 Å². The van der Waals surface area contributed by atoms with Crippen LogP contribution < -0.4 is 5.32 Å². The van der Waals surface area contributed by atoms with E-state index in [9.17, 15) is 4.79 Å². The maximum Gasteiger partial charge on any atom is 0.327 e. The summed E-state index contributed by atoms with van der Waals surface area (Å²) in [6, 6.07) is 9.84. The van der Waals surface area contributed by atoms with Crippen LogP contribution in [0.15, 0.2) is 30.3 Å². The summed E-state index contributed by atoms with van der Waals surface area (Å²) in [5.41, 5.74) is 0.976. The standard InChI is InChI=1S/C17H25NO2/c1-12-8-7-9-13(2)15(12)18-16(17(19)20-3)14-10-5-4-6-11-14/h4-6,10-13,15-16,18H,7-9H2,1-3H3. The number of methoxy groups -OCH3 is 1. The molecule has 110 valence electrons. The highest BCUT2D eigenvalue weighted by molar-refractivity contribution is 5.77. The third-order valence-corrected chi connectivity index (χ3v) is 4.47. The second kappa shape index (κ2) is 6.89. The van der Waals surface area contributed by atoms with E-state index in [1.807, 2.05) is 30.3 Å². The Morgan fingerprint density at radius 3 is 2.35 bits per heavy atom. The molecular weight excluding hydrogens is 250 g/mol. The number of carbonyl (C=O) groups is 1. The van der Waals surface area contributed by atoms with Crippen LogP contribution in [-0.2, 0) is 9.53 Å². The zero-order chi connectivity index (χ0) is 14.5. The smallest absolute Gasteiger partial charge is 0.327 e. The van der Waals surface area contributed by atoms with E-state index < -0.39 is 0 Å². The number of ether oxygens (including phenoxy) is 1. The topological polar surface area (TPSA) is 38.3 Å². The Balaban J connectivity index is 2.17. The van der Waals surface area contributed by atoms with E-state index >= 15 is 0 Å². The fourth-order valence-corrected chi connectivity index (χ4v) is 3.27. The molecule has 0 spiro atoms. The lowest BCUT2D eigenvalue weighted by atomic mass is 9.78. The molecule has 3 heteroatoms. The van der Waals surface area contributed by atoms with Crippen molar-refractivity contribution in [3.63, 3.8) is 0 Å². The maximum absolute atomic E-state index is 12.1. The Morgan fingerprint density at radius 2 is 1.80 bits per heavy atom. The summed E-state index contributed by atoms with van der Waals surface area (Å²) in [7, 11) is 1.45. The van der Waals surface area contributed by atoms with E-state index in [1.54, 1.807) is 0 Å². The van der Waals surface area contributed by atoms with E-state index in [2.05, 4.69) is 19.2 Å². The van der Waals surface area contributed by atoms with Gasteiger partial charge in [0.2, 0.25) is 0 Å². The van der Waals surface area contributed by atoms with Gasteiger partial charge in [-0.15, -0.1) is 0 Å². The predicted molar refractivity (Wildman–Crippen MR) is 80.3 cm³/mol. The second-order valence-electron chi connectivity index (χ2n) is 5.94. The number of hydrogen-bond donors (Lipinski definition) is 1. The predicted octanol–water partition coefficient (Wildman–Crippen LogP) is 3.32. The highest BCUT2D eigenvalue weighted by Crippen LogP contribution is 2.31. The second-order valence-corrected chi connectivity index (χ2v) is 5.94. The number of esters is 1. The molecule has 0 heterocycles. The van der Waals surface area contributed by atoms with Crippen molar-refractivity contribution >= 4 is 5.97 Å². The van der Waals surface area contributed by atoms with Gasteiger partial charge in [-0.2, -0.15) is 0 Å². The lowest BCUT2D eigenvalue weighted by molar-refractivity contribution is -0.143. The van der Waals surface area contributed by atoms with Crippen molar-refractivity contribution in [3.05, 3.63) is 35.9 Å². The van der Waals surface area contributed by atoms with E-state index in [-0.39, 0.29) is 12.0 Å². The molecule has 3 atom stereocenters. The number of rotatable bonds is 4. The average molecular weight is 275 g/mol. The largest absolute Gasteiger partial charge is 0.468 e. The quantitative estimate of drug-likeness (QED) is 0.857. The van der Waals surface area contributed by atoms with Crippen LogP contribution in [0.2, 0.25) is 0 Å². The van der Waals surface area contributed by atoms with E-state index in [1.165, 1.54) is 26.4 Å². The molecule has 2 rings (SSSR count). The fourth-order valence-electron chi connectivity index (χ4n) is 3.27. The van der Waals surface area contributed by atoms with Gasteiger partial charge < -0.3 is 4.74 Å². The summed E-state index contributed by atoms with van der Waals surface area (Å²) < 4.78 is 4.98. The van der Waals surface area contributed by atoms with Crippen molar-refractivity contribution in [2.24, 2.45) is 11.8 Å². The zero-order valence-electron chi connectivity index (χ0n) is 12.6. The van der Waals surface area contributed by atoms with Crippen LogP contribution in [0, 0.1) is 11.8 Å². The molecule has 1 N–H and O–H groups in total. The summed E-state index contributed by atoms with van der Waals surface area (Å²) in [6.07, 6.45) is 3.74. The summed E-state index contributed by atoms with van der Waals surface area (Å²) in [4.78, 5) is 12.1. The van der Waals surface area contributed by atoms with Crippen molar-refractivity contribution in [2.75, 3.05) is 7.11 Å². The number of nitrogens with one attached hydrogen (secondary N) is 1. The van der Waals surface area contributed by atoms with Gasteiger partial charge in [0.15, 0.2) is 0 Å². The summed E-state index contributed by atoms with van der Waals surface area (Å²) in [5, 5.41) is 3.55. The minimum Gasteiger partial charge on any atom is -0.468 e. The Kier molecular flexibility index (Phi) is 5.18. The number of benzene rings is 1. The average Bonchev–Trinajstić information content (AvgIpc) is 2.47.